The molecular formula is C21H19ClN2O6S. The summed E-state index contributed by atoms with van der Waals surface area (Å²) in [7, 11) is 0. The Bertz CT molecular complexity index is 1190. The molecule has 0 fully saturated rings. The molecule has 1 aliphatic rings. The molecule has 4 rings (SSSR count). The first-order valence-electron chi connectivity index (χ1n) is 9.58. The number of hydrogen-bond donors (Lipinski definition) is 0. The smallest absolute Gasteiger partial charge is 0.326 e. The maximum Gasteiger partial charge on any atom is 0.326 e. The van der Waals surface area contributed by atoms with Gasteiger partial charge in [0.25, 0.3) is 5.91 Å². The average Bonchev–Trinajstić information content (AvgIpc) is 3.07. The van der Waals surface area contributed by atoms with Gasteiger partial charge in [-0.25, -0.2) is 0 Å². The quantitative estimate of drug-likeness (QED) is 0.523. The number of carbonyl (C=O) groups excluding carboxylic acids is 2. The minimum absolute atomic E-state index is 0.0857. The van der Waals surface area contributed by atoms with Crippen LogP contribution >= 0.6 is 22.9 Å². The molecule has 1 aliphatic heterocycles. The predicted molar refractivity (Wildman–Crippen MR) is 115 cm³/mol. The maximum absolute atomic E-state index is 12.5. The van der Waals surface area contributed by atoms with E-state index in [0.29, 0.717) is 45.8 Å². The van der Waals surface area contributed by atoms with Crippen LogP contribution in [-0.4, -0.2) is 42.9 Å². The van der Waals surface area contributed by atoms with E-state index in [9.17, 15) is 9.59 Å². The standard InChI is InChI=1S/C21H19ClN2O6S/c1-2-27-20(26)11-24-15-9-16-17(29-8-7-28-16)10-18(15)31-21(24)23-19(25)12-30-14-5-3-13(22)4-6-14/h3-6,9-10H,2,7-8,11-12H2,1H3. The van der Waals surface area contributed by atoms with E-state index < -0.39 is 11.9 Å². The summed E-state index contributed by atoms with van der Waals surface area (Å²) in [6, 6.07) is 10.3. The highest BCUT2D eigenvalue weighted by molar-refractivity contribution is 7.16. The van der Waals surface area contributed by atoms with Crippen molar-refractivity contribution in [2.45, 2.75) is 13.5 Å². The van der Waals surface area contributed by atoms with Gasteiger partial charge in [0.15, 0.2) is 22.9 Å². The van der Waals surface area contributed by atoms with Crippen LogP contribution in [0.4, 0.5) is 0 Å². The highest BCUT2D eigenvalue weighted by Gasteiger charge is 2.18. The van der Waals surface area contributed by atoms with Crippen molar-refractivity contribution >= 4 is 45.0 Å². The lowest BCUT2D eigenvalue weighted by Gasteiger charge is -2.18. The molecule has 0 bridgehead atoms. The number of ether oxygens (including phenoxy) is 4. The van der Waals surface area contributed by atoms with Crippen molar-refractivity contribution in [2.75, 3.05) is 26.4 Å². The number of esters is 1. The SMILES string of the molecule is CCOC(=O)Cn1c(=NC(=O)COc2ccc(Cl)cc2)sc2cc3c(cc21)OCCO3. The summed E-state index contributed by atoms with van der Waals surface area (Å²) < 4.78 is 24.3. The molecule has 0 N–H and O–H groups in total. The molecule has 0 atom stereocenters. The van der Waals surface area contributed by atoms with Gasteiger partial charge in [0.05, 0.1) is 16.8 Å². The van der Waals surface area contributed by atoms with Crippen LogP contribution in [0.15, 0.2) is 41.4 Å². The van der Waals surface area contributed by atoms with Crippen LogP contribution in [0.5, 0.6) is 17.2 Å². The lowest BCUT2D eigenvalue weighted by molar-refractivity contribution is -0.143. The summed E-state index contributed by atoms with van der Waals surface area (Å²) >= 11 is 7.12. The van der Waals surface area contributed by atoms with Gasteiger partial charge in [-0.2, -0.15) is 4.99 Å². The lowest BCUT2D eigenvalue weighted by Crippen LogP contribution is -2.24. The minimum atomic E-state index is -0.489. The monoisotopic (exact) mass is 462 g/mol. The number of amides is 1. The molecule has 0 spiro atoms. The van der Waals surface area contributed by atoms with Crippen molar-refractivity contribution in [3.05, 3.63) is 46.2 Å². The Morgan fingerprint density at radius 2 is 1.87 bits per heavy atom. The first kappa shape index (κ1) is 21.2. The lowest BCUT2D eigenvalue weighted by atomic mass is 10.2. The Labute approximate surface area is 186 Å². The molecule has 162 valence electrons. The molecular weight excluding hydrogens is 444 g/mol. The third-order valence-corrected chi connectivity index (χ3v) is 5.63. The van der Waals surface area contributed by atoms with Crippen LogP contribution in [0.2, 0.25) is 5.02 Å². The number of halogens is 1. The number of nitrogens with zero attached hydrogens (tertiary/aromatic N) is 2. The summed E-state index contributed by atoms with van der Waals surface area (Å²) in [4.78, 5) is 29.1. The Balaban J connectivity index is 1.66. The molecule has 2 heterocycles. The van der Waals surface area contributed by atoms with Crippen molar-refractivity contribution in [3.63, 3.8) is 0 Å². The number of thiazole rings is 1. The molecule has 3 aromatic rings. The minimum Gasteiger partial charge on any atom is -0.486 e. The van der Waals surface area contributed by atoms with Crippen LogP contribution in [-0.2, 0) is 20.9 Å². The largest absolute Gasteiger partial charge is 0.486 e. The second-order valence-corrected chi connectivity index (χ2v) is 7.93. The fourth-order valence-electron chi connectivity index (χ4n) is 3.00. The summed E-state index contributed by atoms with van der Waals surface area (Å²) in [5.74, 6) is 0.788. The van der Waals surface area contributed by atoms with Crippen molar-refractivity contribution in [1.82, 2.24) is 4.57 Å². The Hall–Kier alpha value is -3.04. The number of benzene rings is 2. The first-order valence-corrected chi connectivity index (χ1v) is 10.8. The fraction of sp³-hybridized carbons (Fsp3) is 0.286. The van der Waals surface area contributed by atoms with Crippen LogP contribution in [0, 0.1) is 0 Å². The Morgan fingerprint density at radius 1 is 1.16 bits per heavy atom. The molecule has 1 amide bonds. The molecule has 31 heavy (non-hydrogen) atoms. The van der Waals surface area contributed by atoms with Crippen LogP contribution in [0.1, 0.15) is 6.92 Å². The van der Waals surface area contributed by atoms with E-state index in [1.54, 1.807) is 41.8 Å². The molecule has 8 nitrogen and oxygen atoms in total. The van der Waals surface area contributed by atoms with Gasteiger partial charge in [0, 0.05) is 17.2 Å². The van der Waals surface area contributed by atoms with Crippen molar-refractivity contribution in [1.29, 1.82) is 0 Å². The third-order valence-electron chi connectivity index (χ3n) is 4.34. The Morgan fingerprint density at radius 3 is 2.58 bits per heavy atom. The zero-order chi connectivity index (χ0) is 21.8. The molecule has 0 unspecified atom stereocenters. The summed E-state index contributed by atoms with van der Waals surface area (Å²) in [6.45, 7) is 2.56. The molecule has 0 aliphatic carbocycles. The number of aromatic nitrogens is 1. The second kappa shape index (κ2) is 9.40. The molecule has 0 saturated heterocycles. The van der Waals surface area contributed by atoms with E-state index in [2.05, 4.69) is 4.99 Å². The highest BCUT2D eigenvalue weighted by Crippen LogP contribution is 2.35. The van der Waals surface area contributed by atoms with Gasteiger partial charge in [0.2, 0.25) is 0 Å². The highest BCUT2D eigenvalue weighted by atomic mass is 35.5. The molecule has 0 radical (unpaired) electrons. The van der Waals surface area contributed by atoms with Gasteiger partial charge in [0.1, 0.15) is 25.5 Å². The molecule has 0 saturated carbocycles. The topological polar surface area (TPSA) is 88.4 Å². The van der Waals surface area contributed by atoms with Crippen LogP contribution < -0.4 is 19.0 Å². The van der Waals surface area contributed by atoms with Crippen molar-refractivity contribution in [2.24, 2.45) is 4.99 Å². The number of fused-ring (bicyclic) bond motifs is 2. The summed E-state index contributed by atoms with van der Waals surface area (Å²) in [5.41, 5.74) is 0.701. The van der Waals surface area contributed by atoms with Gasteiger partial charge in [-0.15, -0.1) is 0 Å². The van der Waals surface area contributed by atoms with E-state index in [1.807, 2.05) is 6.07 Å². The van der Waals surface area contributed by atoms with E-state index in [0.717, 1.165) is 4.70 Å². The molecule has 2 aromatic carbocycles. The van der Waals surface area contributed by atoms with Gasteiger partial charge in [-0.1, -0.05) is 22.9 Å². The van der Waals surface area contributed by atoms with Crippen molar-refractivity contribution < 1.29 is 28.5 Å². The molecule has 1 aromatic heterocycles. The van der Waals surface area contributed by atoms with Gasteiger partial charge in [-0.3, -0.25) is 9.59 Å². The fourth-order valence-corrected chi connectivity index (χ4v) is 4.18. The summed E-state index contributed by atoms with van der Waals surface area (Å²) in [6.07, 6.45) is 0. The summed E-state index contributed by atoms with van der Waals surface area (Å²) in [5, 5.41) is 0.573. The first-order chi connectivity index (χ1) is 15.0. The van der Waals surface area contributed by atoms with Crippen molar-refractivity contribution in [3.8, 4) is 17.2 Å². The number of hydrogen-bond acceptors (Lipinski definition) is 7. The average molecular weight is 463 g/mol. The van der Waals surface area contributed by atoms with E-state index in [-0.39, 0.29) is 19.8 Å². The zero-order valence-electron chi connectivity index (χ0n) is 16.6. The Kier molecular flexibility index (Phi) is 6.43. The normalized spacial score (nSPS) is 13.3. The van der Waals surface area contributed by atoms with Gasteiger partial charge >= 0.3 is 5.97 Å². The number of carbonyl (C=O) groups is 2. The predicted octanol–water partition coefficient (Wildman–Crippen LogP) is 3.20. The van der Waals surface area contributed by atoms with Crippen LogP contribution in [0.25, 0.3) is 10.2 Å². The maximum atomic E-state index is 12.5. The number of rotatable bonds is 6. The van der Waals surface area contributed by atoms with Gasteiger partial charge in [-0.05, 0) is 31.2 Å². The van der Waals surface area contributed by atoms with E-state index >= 15 is 0 Å². The second-order valence-electron chi connectivity index (χ2n) is 6.49. The zero-order valence-corrected chi connectivity index (χ0v) is 18.2. The van der Waals surface area contributed by atoms with E-state index in [1.165, 1.54) is 11.3 Å². The third kappa shape index (κ3) is 5.00. The van der Waals surface area contributed by atoms with E-state index in [4.69, 9.17) is 30.5 Å². The molecule has 10 heteroatoms. The van der Waals surface area contributed by atoms with Crippen LogP contribution in [0.3, 0.4) is 0 Å². The van der Waals surface area contributed by atoms with Gasteiger partial charge < -0.3 is 23.5 Å².